The van der Waals surface area contributed by atoms with Crippen LogP contribution in [0.3, 0.4) is 0 Å². The van der Waals surface area contributed by atoms with Crippen LogP contribution in [0.1, 0.15) is 57.1 Å². The summed E-state index contributed by atoms with van der Waals surface area (Å²) in [6.45, 7) is 4.90. The molecule has 2 aliphatic rings. The molecule has 2 aliphatic carbocycles. The van der Waals surface area contributed by atoms with E-state index in [0.29, 0.717) is 23.0 Å². The molecule has 0 amide bonds. The van der Waals surface area contributed by atoms with E-state index in [4.69, 9.17) is 15.0 Å². The molecular formula is C45H38N4. The van der Waals surface area contributed by atoms with Gasteiger partial charge in [-0.15, -0.1) is 0 Å². The molecule has 2 bridgehead atoms. The summed E-state index contributed by atoms with van der Waals surface area (Å²) in [4.78, 5) is 15.2. The van der Waals surface area contributed by atoms with Gasteiger partial charge in [-0.2, -0.15) is 5.26 Å². The highest BCUT2D eigenvalue weighted by Crippen LogP contribution is 2.54. The van der Waals surface area contributed by atoms with E-state index in [-0.39, 0.29) is 5.41 Å². The third-order valence-corrected chi connectivity index (χ3v) is 11.3. The van der Waals surface area contributed by atoms with Crippen LogP contribution in [0.4, 0.5) is 0 Å². The summed E-state index contributed by atoms with van der Waals surface area (Å²) >= 11 is 0. The minimum absolute atomic E-state index is 0.282. The third kappa shape index (κ3) is 5.16. The fraction of sp³-hybridized carbons (Fsp3) is 0.244. The van der Waals surface area contributed by atoms with Crippen molar-refractivity contribution < 1.29 is 0 Å². The number of nitriles is 1. The van der Waals surface area contributed by atoms with Crippen molar-refractivity contribution in [3.63, 3.8) is 0 Å². The van der Waals surface area contributed by atoms with E-state index in [0.717, 1.165) is 56.0 Å². The highest BCUT2D eigenvalue weighted by molar-refractivity contribution is 6.25. The Hall–Kier alpha value is -5.40. The van der Waals surface area contributed by atoms with Crippen LogP contribution in [0, 0.1) is 29.1 Å². The number of rotatable bonds is 4. The predicted molar refractivity (Wildman–Crippen MR) is 200 cm³/mol. The second-order valence-corrected chi connectivity index (χ2v) is 14.9. The van der Waals surface area contributed by atoms with Crippen LogP contribution in [-0.2, 0) is 5.41 Å². The fourth-order valence-electron chi connectivity index (χ4n) is 9.55. The lowest BCUT2D eigenvalue weighted by molar-refractivity contribution is 0.0780. The molecule has 49 heavy (non-hydrogen) atoms. The van der Waals surface area contributed by atoms with Gasteiger partial charge in [0.25, 0.3) is 0 Å². The monoisotopic (exact) mass is 634 g/mol. The summed E-state index contributed by atoms with van der Waals surface area (Å²) in [6.07, 6.45) is 6.64. The summed E-state index contributed by atoms with van der Waals surface area (Å²) in [7, 11) is 0. The first-order valence-electron chi connectivity index (χ1n) is 17.7. The first kappa shape index (κ1) is 29.7. The molecule has 9 rings (SSSR count). The quantitative estimate of drug-likeness (QED) is 0.181. The number of benzene rings is 6. The predicted octanol–water partition coefficient (Wildman–Crippen LogP) is 11.3. The Labute approximate surface area is 287 Å². The maximum absolute atomic E-state index is 9.68. The molecule has 6 aromatic carbocycles. The second kappa shape index (κ2) is 11.6. The number of aromatic nitrogens is 3. The van der Waals surface area contributed by atoms with Crippen molar-refractivity contribution in [2.24, 2.45) is 17.8 Å². The minimum Gasteiger partial charge on any atom is -0.208 e. The van der Waals surface area contributed by atoms with Crippen molar-refractivity contribution in [2.75, 3.05) is 0 Å². The SMILES string of the molecule is C[C@@H]1C[C@@H]2C[C@H](C)CC(c3ccc(-c4nc(-c5ccccc5)nc(-c5ccc6c7ccccc7c7cc(C#N)ccc7c6c5)n4)cc3)(C1)C2. The average Bonchev–Trinajstić information content (AvgIpc) is 3.14. The molecule has 7 aromatic rings. The molecule has 0 radical (unpaired) electrons. The Morgan fingerprint density at radius 1 is 0.531 bits per heavy atom. The lowest BCUT2D eigenvalue weighted by Crippen LogP contribution is -2.42. The highest BCUT2D eigenvalue weighted by Gasteiger charge is 2.45. The number of hydrogen-bond donors (Lipinski definition) is 0. The lowest BCUT2D eigenvalue weighted by atomic mass is 9.54. The molecule has 1 aromatic heterocycles. The van der Waals surface area contributed by atoms with E-state index >= 15 is 0 Å². The van der Waals surface area contributed by atoms with Gasteiger partial charge in [0, 0.05) is 16.7 Å². The number of nitrogens with zero attached hydrogens (tertiary/aromatic N) is 4. The zero-order chi connectivity index (χ0) is 33.1. The van der Waals surface area contributed by atoms with Gasteiger partial charge in [-0.3, -0.25) is 0 Å². The number of fused-ring (bicyclic) bond motifs is 8. The Kier molecular flexibility index (Phi) is 7.06. The van der Waals surface area contributed by atoms with Crippen molar-refractivity contribution in [3.05, 3.63) is 126 Å². The normalized spacial score (nSPS) is 21.9. The van der Waals surface area contributed by atoms with Crippen LogP contribution in [0.5, 0.6) is 0 Å². The lowest BCUT2D eigenvalue weighted by Gasteiger charge is -2.50. The molecule has 4 heteroatoms. The molecule has 1 unspecified atom stereocenters. The van der Waals surface area contributed by atoms with Crippen molar-refractivity contribution in [1.29, 1.82) is 5.26 Å². The highest BCUT2D eigenvalue weighted by atomic mass is 15.0. The van der Waals surface area contributed by atoms with Gasteiger partial charge in [-0.25, -0.2) is 15.0 Å². The average molecular weight is 635 g/mol. The van der Waals surface area contributed by atoms with E-state index < -0.39 is 0 Å². The van der Waals surface area contributed by atoms with Crippen LogP contribution in [0.15, 0.2) is 115 Å². The van der Waals surface area contributed by atoms with Gasteiger partial charge in [-0.05, 0) is 111 Å². The van der Waals surface area contributed by atoms with E-state index in [1.165, 1.54) is 48.4 Å². The van der Waals surface area contributed by atoms with E-state index in [1.54, 1.807) is 0 Å². The van der Waals surface area contributed by atoms with Gasteiger partial charge in [-0.1, -0.05) is 111 Å². The van der Waals surface area contributed by atoms with E-state index in [9.17, 15) is 5.26 Å². The molecule has 4 atom stereocenters. The van der Waals surface area contributed by atoms with Crippen LogP contribution >= 0.6 is 0 Å². The molecule has 4 nitrogen and oxygen atoms in total. The van der Waals surface area contributed by atoms with Gasteiger partial charge >= 0.3 is 0 Å². The molecule has 2 saturated carbocycles. The van der Waals surface area contributed by atoms with Gasteiger partial charge in [0.15, 0.2) is 17.5 Å². The van der Waals surface area contributed by atoms with Crippen molar-refractivity contribution in [3.8, 4) is 40.2 Å². The van der Waals surface area contributed by atoms with Gasteiger partial charge in [0.1, 0.15) is 0 Å². The molecule has 238 valence electrons. The zero-order valence-electron chi connectivity index (χ0n) is 28.0. The first-order chi connectivity index (χ1) is 24.0. The summed E-state index contributed by atoms with van der Waals surface area (Å²) in [6, 6.07) is 42.6. The largest absolute Gasteiger partial charge is 0.208 e. The smallest absolute Gasteiger partial charge is 0.164 e. The van der Waals surface area contributed by atoms with Crippen LogP contribution in [0.2, 0.25) is 0 Å². The van der Waals surface area contributed by atoms with Crippen molar-refractivity contribution in [2.45, 2.75) is 51.4 Å². The maximum atomic E-state index is 9.68. The Morgan fingerprint density at radius 2 is 1.04 bits per heavy atom. The summed E-state index contributed by atoms with van der Waals surface area (Å²) in [5.41, 5.74) is 5.32. The number of hydrogen-bond acceptors (Lipinski definition) is 4. The Balaban J connectivity index is 1.19. The van der Waals surface area contributed by atoms with Crippen LogP contribution in [-0.4, -0.2) is 15.0 Å². The van der Waals surface area contributed by atoms with Crippen LogP contribution < -0.4 is 0 Å². The van der Waals surface area contributed by atoms with Gasteiger partial charge in [0.05, 0.1) is 11.6 Å². The third-order valence-electron chi connectivity index (χ3n) is 11.3. The van der Waals surface area contributed by atoms with E-state index in [2.05, 4.69) is 105 Å². The topological polar surface area (TPSA) is 62.5 Å². The summed E-state index contributed by atoms with van der Waals surface area (Å²) < 4.78 is 0. The van der Waals surface area contributed by atoms with Gasteiger partial charge in [0.2, 0.25) is 0 Å². The Morgan fingerprint density at radius 3 is 1.71 bits per heavy atom. The minimum atomic E-state index is 0.282. The maximum Gasteiger partial charge on any atom is 0.164 e. The first-order valence-corrected chi connectivity index (χ1v) is 17.7. The standard InChI is InChI=1S/C45H38N4/c1-28-20-31-21-29(2)25-45(24-28,26-31)35-16-13-33(14-17-35)43-47-42(32-8-4-3-5-9-32)48-44(49-43)34-15-19-38-36-10-6-7-11-37(36)40-22-30(27-46)12-18-39(40)41(38)23-34/h3-19,22-23,28-29,31H,20-21,24-26H2,1-2H3/t28-,29+,31-,45?. The zero-order valence-corrected chi connectivity index (χ0v) is 28.0. The van der Waals surface area contributed by atoms with Crippen molar-refractivity contribution >= 4 is 32.3 Å². The summed E-state index contributed by atoms with van der Waals surface area (Å²) in [5, 5.41) is 16.5. The van der Waals surface area contributed by atoms with Crippen molar-refractivity contribution in [1.82, 2.24) is 15.0 Å². The molecular weight excluding hydrogens is 597 g/mol. The Bertz CT molecular complexity index is 2400. The second-order valence-electron chi connectivity index (χ2n) is 14.9. The molecule has 0 aliphatic heterocycles. The molecule has 1 heterocycles. The fourth-order valence-corrected chi connectivity index (χ4v) is 9.55. The van der Waals surface area contributed by atoms with E-state index in [1.807, 2.05) is 30.3 Å². The molecule has 0 spiro atoms. The van der Waals surface area contributed by atoms with Gasteiger partial charge < -0.3 is 0 Å². The molecule has 0 saturated heterocycles. The summed E-state index contributed by atoms with van der Waals surface area (Å²) in [5.74, 6) is 4.38. The van der Waals surface area contributed by atoms with Crippen LogP contribution in [0.25, 0.3) is 66.5 Å². The molecule has 2 fully saturated rings. The molecule has 0 N–H and O–H groups in total.